The molecule has 4 nitrogen and oxygen atoms in total. The third kappa shape index (κ3) is 12.0. The van der Waals surface area contributed by atoms with Crippen LogP contribution in [0.15, 0.2) is 104 Å². The van der Waals surface area contributed by atoms with E-state index in [9.17, 15) is 9.18 Å². The van der Waals surface area contributed by atoms with Crippen LogP contribution in [0.5, 0.6) is 0 Å². The van der Waals surface area contributed by atoms with E-state index < -0.39 is 0 Å². The summed E-state index contributed by atoms with van der Waals surface area (Å²) in [4.78, 5) is 13.2. The minimum absolute atomic E-state index is 0.101. The Morgan fingerprint density at radius 1 is 0.837 bits per heavy atom. The van der Waals surface area contributed by atoms with Crippen molar-refractivity contribution in [3.63, 3.8) is 0 Å². The minimum Gasteiger partial charge on any atom is -0.400 e. The van der Waals surface area contributed by atoms with Gasteiger partial charge in [0.25, 0.3) is 5.91 Å². The topological polar surface area (TPSA) is 54.3 Å². The van der Waals surface area contributed by atoms with Gasteiger partial charge in [0.2, 0.25) is 0 Å². The molecule has 0 saturated carbocycles. The second-order valence-electron chi connectivity index (χ2n) is 9.18. The number of rotatable bonds is 9. The zero-order valence-electron chi connectivity index (χ0n) is 27.5. The van der Waals surface area contributed by atoms with Gasteiger partial charge in [-0.2, -0.15) is 0 Å². The number of carbonyl (C=O) groups excluding carboxylic acids is 1. The van der Waals surface area contributed by atoms with E-state index in [0.717, 1.165) is 61.0 Å². The van der Waals surface area contributed by atoms with Gasteiger partial charge in [-0.25, -0.2) is 4.39 Å². The Morgan fingerprint density at radius 2 is 1.33 bits per heavy atom. The molecule has 0 saturated heterocycles. The summed E-state index contributed by atoms with van der Waals surface area (Å²) in [6.45, 7) is 16.8. The van der Waals surface area contributed by atoms with E-state index >= 15 is 0 Å². The molecule has 0 aliphatic rings. The van der Waals surface area contributed by atoms with Gasteiger partial charge in [0.1, 0.15) is 5.82 Å². The van der Waals surface area contributed by atoms with Crippen molar-refractivity contribution in [2.45, 2.75) is 73.3 Å². The van der Waals surface area contributed by atoms with Gasteiger partial charge in [-0.05, 0) is 60.6 Å². The molecule has 0 atom stereocenters. The molecule has 1 aromatic heterocycles. The lowest BCUT2D eigenvalue weighted by Crippen LogP contribution is -2.21. The van der Waals surface area contributed by atoms with Crippen molar-refractivity contribution in [1.29, 1.82) is 0 Å². The third-order valence-corrected chi connectivity index (χ3v) is 6.19. The summed E-state index contributed by atoms with van der Waals surface area (Å²) in [5, 5.41) is 9.84. The second kappa shape index (κ2) is 23.6. The van der Waals surface area contributed by atoms with Crippen LogP contribution in [-0.4, -0.2) is 29.7 Å². The number of unbranched alkanes of at least 4 members (excludes halogenated alkanes) is 2. The van der Waals surface area contributed by atoms with E-state index in [1.54, 1.807) is 19.2 Å². The smallest absolute Gasteiger partial charge is 0.253 e. The average molecular weight is 589 g/mol. The first-order chi connectivity index (χ1) is 21.0. The second-order valence-corrected chi connectivity index (χ2v) is 9.18. The van der Waals surface area contributed by atoms with Crippen molar-refractivity contribution in [2.24, 2.45) is 0 Å². The van der Waals surface area contributed by atoms with E-state index in [4.69, 9.17) is 5.11 Å². The lowest BCUT2D eigenvalue weighted by Gasteiger charge is -2.17. The Hall–Kier alpha value is -3.96. The number of aliphatic hydroxyl groups is 1. The van der Waals surface area contributed by atoms with Crippen LogP contribution in [-0.2, 0) is 6.54 Å². The number of amides is 1. The summed E-state index contributed by atoms with van der Waals surface area (Å²) in [5.74, 6) is -0.233. The molecular formula is C38H53FN2O2. The number of allylic oxidation sites excluding steroid dienone is 1. The summed E-state index contributed by atoms with van der Waals surface area (Å²) in [5.41, 5.74) is 5.46. The van der Waals surface area contributed by atoms with Gasteiger partial charge in [0, 0.05) is 32.0 Å². The Balaban J connectivity index is 0.00000125. The molecule has 4 aromatic rings. The van der Waals surface area contributed by atoms with E-state index in [1.807, 2.05) is 101 Å². The zero-order chi connectivity index (χ0) is 32.6. The van der Waals surface area contributed by atoms with Crippen LogP contribution < -0.4 is 5.32 Å². The quantitative estimate of drug-likeness (QED) is 0.151. The molecular weight excluding hydrogens is 535 g/mol. The molecule has 0 aliphatic heterocycles. The number of nitrogens with zero attached hydrogens (tertiary/aromatic N) is 1. The average Bonchev–Trinajstić information content (AvgIpc) is 3.42. The van der Waals surface area contributed by atoms with E-state index in [2.05, 4.69) is 30.3 Å². The summed E-state index contributed by atoms with van der Waals surface area (Å²) < 4.78 is 16.0. The molecule has 4 rings (SSSR count). The summed E-state index contributed by atoms with van der Waals surface area (Å²) in [6, 6.07) is 28.5. The first kappa shape index (κ1) is 39.0. The van der Waals surface area contributed by atoms with Gasteiger partial charge in [0.15, 0.2) is 0 Å². The highest BCUT2D eigenvalue weighted by molar-refractivity contribution is 6.06. The largest absolute Gasteiger partial charge is 0.400 e. The predicted octanol–water partition coefficient (Wildman–Crippen LogP) is 10.1. The van der Waals surface area contributed by atoms with Gasteiger partial charge < -0.3 is 15.0 Å². The minimum atomic E-state index is -0.273. The van der Waals surface area contributed by atoms with Gasteiger partial charge in [-0.1, -0.05) is 114 Å². The van der Waals surface area contributed by atoms with Crippen LogP contribution in [0.1, 0.15) is 82.8 Å². The van der Waals surface area contributed by atoms with Crippen LogP contribution in [0.25, 0.3) is 22.4 Å². The Morgan fingerprint density at radius 3 is 1.77 bits per heavy atom. The molecule has 0 aliphatic carbocycles. The normalized spacial score (nSPS) is 9.47. The molecule has 3 aromatic carbocycles. The highest BCUT2D eigenvalue weighted by Gasteiger charge is 2.29. The molecule has 234 valence electrons. The first-order valence-corrected chi connectivity index (χ1v) is 15.3. The summed E-state index contributed by atoms with van der Waals surface area (Å²) >= 11 is 0. The summed E-state index contributed by atoms with van der Waals surface area (Å²) in [6.07, 6.45) is 4.89. The van der Waals surface area contributed by atoms with Crippen LogP contribution in [0.4, 0.5) is 4.39 Å². The number of aliphatic hydroxyl groups excluding tert-OH is 1. The van der Waals surface area contributed by atoms with Gasteiger partial charge >= 0.3 is 0 Å². The highest BCUT2D eigenvalue weighted by atomic mass is 19.1. The van der Waals surface area contributed by atoms with Crippen LogP contribution in [0, 0.1) is 5.82 Å². The van der Waals surface area contributed by atoms with E-state index in [0.29, 0.717) is 5.56 Å². The molecule has 1 heterocycles. The Kier molecular flexibility index (Phi) is 21.4. The molecule has 5 heteroatoms. The van der Waals surface area contributed by atoms with Gasteiger partial charge in [-0.15, -0.1) is 6.58 Å². The van der Waals surface area contributed by atoms with Crippen molar-refractivity contribution < 1.29 is 14.3 Å². The standard InChI is InChI=1S/C27H31FN2O.C6H6.2C2H6.CH4O/c1-5-6-7-11-18-30-25(19(2)3)24(27(31)29-4)23(20-12-9-8-10-13-20)26(30)21-14-16-22(28)17-15-21;1-2-4-6-5-3-1;3*1-2/h5,8-10,12-17,19H,1,6-7,11,18H2,2-4H3,(H,29,31);1-6H;2*1-2H3;2H,1H3. The zero-order valence-corrected chi connectivity index (χ0v) is 27.5. The summed E-state index contributed by atoms with van der Waals surface area (Å²) in [7, 11) is 2.67. The predicted molar refractivity (Wildman–Crippen MR) is 184 cm³/mol. The van der Waals surface area contributed by atoms with Crippen LogP contribution in [0.3, 0.4) is 0 Å². The number of aromatic nitrogens is 1. The number of benzene rings is 3. The Labute approximate surface area is 260 Å². The van der Waals surface area contributed by atoms with Crippen molar-refractivity contribution >= 4 is 5.91 Å². The fraction of sp³-hybridized carbons (Fsp3) is 0.342. The molecule has 0 fully saturated rings. The number of carbonyl (C=O) groups is 1. The van der Waals surface area contributed by atoms with E-state index in [-0.39, 0.29) is 17.6 Å². The van der Waals surface area contributed by atoms with Crippen molar-refractivity contribution in [2.75, 3.05) is 14.2 Å². The van der Waals surface area contributed by atoms with E-state index in [1.165, 1.54) is 12.1 Å². The lowest BCUT2D eigenvalue weighted by atomic mass is 9.94. The van der Waals surface area contributed by atoms with Crippen LogP contribution >= 0.6 is 0 Å². The highest BCUT2D eigenvalue weighted by Crippen LogP contribution is 2.42. The first-order valence-electron chi connectivity index (χ1n) is 15.3. The number of halogens is 1. The SMILES string of the molecule is C=CCCCCn1c(-c2ccc(F)cc2)c(-c2ccccc2)c(C(=O)NC)c1C(C)C.CC.CC.CO.c1ccccc1. The molecule has 0 unspecified atom stereocenters. The Bertz CT molecular complexity index is 1240. The van der Waals surface area contributed by atoms with Gasteiger partial charge in [-0.3, -0.25) is 4.79 Å². The molecule has 0 spiro atoms. The van der Waals surface area contributed by atoms with Crippen molar-refractivity contribution in [3.8, 4) is 22.4 Å². The molecule has 0 bridgehead atoms. The monoisotopic (exact) mass is 588 g/mol. The fourth-order valence-corrected chi connectivity index (χ4v) is 4.56. The number of nitrogens with one attached hydrogen (secondary N) is 1. The molecule has 0 radical (unpaired) electrons. The third-order valence-electron chi connectivity index (χ3n) is 6.19. The van der Waals surface area contributed by atoms with Crippen molar-refractivity contribution in [3.05, 3.63) is 121 Å². The maximum Gasteiger partial charge on any atom is 0.253 e. The fourth-order valence-electron chi connectivity index (χ4n) is 4.56. The lowest BCUT2D eigenvalue weighted by molar-refractivity contribution is 0.0962. The maximum atomic E-state index is 13.7. The van der Waals surface area contributed by atoms with Crippen LogP contribution in [0.2, 0.25) is 0 Å². The molecule has 43 heavy (non-hydrogen) atoms. The van der Waals surface area contributed by atoms with Crippen molar-refractivity contribution in [1.82, 2.24) is 9.88 Å². The number of hydrogen-bond acceptors (Lipinski definition) is 2. The number of hydrogen-bond donors (Lipinski definition) is 2. The maximum absolute atomic E-state index is 13.7. The molecule has 2 N–H and O–H groups in total. The molecule has 1 amide bonds. The van der Waals surface area contributed by atoms with Gasteiger partial charge in [0.05, 0.1) is 11.3 Å².